The fourth-order valence-corrected chi connectivity index (χ4v) is 3.05. The lowest BCUT2D eigenvalue weighted by Crippen LogP contribution is -2.03. The normalized spacial score (nSPS) is 12.8. The highest BCUT2D eigenvalue weighted by Gasteiger charge is 2.14. The molecule has 19 heavy (non-hydrogen) atoms. The zero-order valence-electron chi connectivity index (χ0n) is 10.9. The van der Waals surface area contributed by atoms with E-state index in [1.54, 1.807) is 17.5 Å². The van der Waals surface area contributed by atoms with Gasteiger partial charge < -0.3 is 5.11 Å². The molecule has 1 N–H and O–H groups in total. The lowest BCUT2D eigenvalue weighted by atomic mass is 9.95. The number of benzene rings is 1. The lowest BCUT2D eigenvalue weighted by Gasteiger charge is -2.15. The number of rotatable bonds is 2. The van der Waals surface area contributed by atoms with Crippen LogP contribution in [-0.2, 0) is 0 Å². The van der Waals surface area contributed by atoms with Gasteiger partial charge in [0, 0.05) is 11.8 Å². The summed E-state index contributed by atoms with van der Waals surface area (Å²) in [6.45, 7) is 4.11. The van der Waals surface area contributed by atoms with E-state index < -0.39 is 6.10 Å². The molecule has 1 unspecified atom stereocenters. The fourth-order valence-electron chi connectivity index (χ4n) is 2.26. The number of fused-ring (bicyclic) bond motifs is 1. The van der Waals surface area contributed by atoms with Gasteiger partial charge in [0.15, 0.2) is 0 Å². The Bertz CT molecular complexity index is 732. The highest BCUT2D eigenvalue weighted by Crippen LogP contribution is 2.29. The molecule has 0 aliphatic rings. The number of aryl methyl sites for hydroxylation is 1. The molecular weight excluding hydrogens is 254 g/mol. The van der Waals surface area contributed by atoms with Crippen LogP contribution >= 0.6 is 11.3 Å². The Morgan fingerprint density at radius 2 is 2.05 bits per heavy atom. The molecule has 1 atom stereocenters. The van der Waals surface area contributed by atoms with Crippen molar-refractivity contribution in [3.63, 3.8) is 0 Å². The third kappa shape index (κ3) is 2.15. The van der Waals surface area contributed by atoms with Crippen LogP contribution in [-0.4, -0.2) is 10.1 Å². The third-order valence-corrected chi connectivity index (χ3v) is 4.43. The van der Waals surface area contributed by atoms with Crippen LogP contribution < -0.4 is 0 Å². The van der Waals surface area contributed by atoms with Gasteiger partial charge in [0.25, 0.3) is 0 Å². The zero-order valence-corrected chi connectivity index (χ0v) is 11.7. The van der Waals surface area contributed by atoms with E-state index in [0.29, 0.717) is 0 Å². The highest BCUT2D eigenvalue weighted by molar-refractivity contribution is 7.17. The zero-order chi connectivity index (χ0) is 13.4. The van der Waals surface area contributed by atoms with Gasteiger partial charge in [0.05, 0.1) is 10.2 Å². The molecular formula is C16H15NOS. The van der Waals surface area contributed by atoms with Gasteiger partial charge in [-0.2, -0.15) is 0 Å². The molecule has 2 aromatic heterocycles. The Kier molecular flexibility index (Phi) is 3.09. The van der Waals surface area contributed by atoms with E-state index in [9.17, 15) is 5.11 Å². The molecule has 0 saturated heterocycles. The van der Waals surface area contributed by atoms with Crippen LogP contribution in [0.2, 0.25) is 0 Å². The summed E-state index contributed by atoms with van der Waals surface area (Å²) >= 11 is 1.65. The molecule has 3 aromatic rings. The molecule has 0 aliphatic heterocycles. The largest absolute Gasteiger partial charge is 0.384 e. The van der Waals surface area contributed by atoms with Gasteiger partial charge in [-0.3, -0.25) is 4.98 Å². The molecule has 0 fully saturated rings. The van der Waals surface area contributed by atoms with Gasteiger partial charge in [-0.1, -0.05) is 18.2 Å². The van der Waals surface area contributed by atoms with E-state index in [-0.39, 0.29) is 0 Å². The quantitative estimate of drug-likeness (QED) is 0.763. The SMILES string of the molecule is Cc1cccc(C(O)c2cnc3ccsc3c2)c1C. The van der Waals surface area contributed by atoms with Crippen molar-refractivity contribution in [2.75, 3.05) is 0 Å². The first-order valence-electron chi connectivity index (χ1n) is 6.24. The van der Waals surface area contributed by atoms with Crippen LogP contribution in [0.25, 0.3) is 10.2 Å². The van der Waals surface area contributed by atoms with E-state index in [4.69, 9.17) is 0 Å². The molecule has 3 rings (SSSR count). The van der Waals surface area contributed by atoms with Gasteiger partial charge >= 0.3 is 0 Å². The summed E-state index contributed by atoms with van der Waals surface area (Å²) in [6.07, 6.45) is 1.15. The topological polar surface area (TPSA) is 33.1 Å². The maximum absolute atomic E-state index is 10.6. The first-order valence-corrected chi connectivity index (χ1v) is 7.12. The molecule has 3 heteroatoms. The number of nitrogens with zero attached hydrogens (tertiary/aromatic N) is 1. The molecule has 0 radical (unpaired) electrons. The summed E-state index contributed by atoms with van der Waals surface area (Å²) in [5, 5.41) is 12.6. The molecule has 0 spiro atoms. The molecule has 2 heterocycles. The molecule has 2 nitrogen and oxygen atoms in total. The number of aliphatic hydroxyl groups is 1. The standard InChI is InChI=1S/C16H15NOS/c1-10-4-3-5-13(11(10)2)16(18)12-8-15-14(17-9-12)6-7-19-15/h3-9,16,18H,1-2H3. The van der Waals surface area contributed by atoms with Crippen molar-refractivity contribution in [1.29, 1.82) is 0 Å². The fraction of sp³-hybridized carbons (Fsp3) is 0.188. The monoisotopic (exact) mass is 269 g/mol. The number of aromatic nitrogens is 1. The van der Waals surface area contributed by atoms with E-state index in [1.165, 1.54) is 5.56 Å². The second-order valence-corrected chi connectivity index (χ2v) is 5.71. The van der Waals surface area contributed by atoms with Crippen molar-refractivity contribution in [3.8, 4) is 0 Å². The van der Waals surface area contributed by atoms with Crippen molar-refractivity contribution in [1.82, 2.24) is 4.98 Å². The summed E-state index contributed by atoms with van der Waals surface area (Å²) in [5.41, 5.74) is 5.13. The molecule has 1 aromatic carbocycles. The number of hydrogen-bond donors (Lipinski definition) is 1. The Morgan fingerprint density at radius 3 is 2.89 bits per heavy atom. The summed E-state index contributed by atoms with van der Waals surface area (Å²) in [6, 6.07) is 10.0. The van der Waals surface area contributed by atoms with Crippen LogP contribution in [0.15, 0.2) is 41.9 Å². The lowest BCUT2D eigenvalue weighted by molar-refractivity contribution is 0.219. The minimum atomic E-state index is -0.612. The molecule has 0 amide bonds. The number of hydrogen-bond acceptors (Lipinski definition) is 3. The Morgan fingerprint density at radius 1 is 1.21 bits per heavy atom. The van der Waals surface area contributed by atoms with Crippen molar-refractivity contribution in [2.24, 2.45) is 0 Å². The van der Waals surface area contributed by atoms with Gasteiger partial charge in [0.1, 0.15) is 6.10 Å². The summed E-state index contributed by atoms with van der Waals surface area (Å²) in [4.78, 5) is 4.39. The van der Waals surface area contributed by atoms with Crippen LogP contribution in [0.5, 0.6) is 0 Å². The van der Waals surface area contributed by atoms with Crippen molar-refractivity contribution < 1.29 is 5.11 Å². The smallest absolute Gasteiger partial charge is 0.106 e. The number of pyridine rings is 1. The van der Waals surface area contributed by atoms with Gasteiger partial charge in [0.2, 0.25) is 0 Å². The summed E-state index contributed by atoms with van der Waals surface area (Å²) in [5.74, 6) is 0. The minimum absolute atomic E-state index is 0.612. The van der Waals surface area contributed by atoms with E-state index in [1.807, 2.05) is 36.6 Å². The molecule has 0 saturated carbocycles. The second kappa shape index (κ2) is 4.76. The van der Waals surface area contributed by atoms with E-state index in [2.05, 4.69) is 18.0 Å². The summed E-state index contributed by atoms with van der Waals surface area (Å²) in [7, 11) is 0. The Balaban J connectivity index is 2.07. The van der Waals surface area contributed by atoms with Crippen molar-refractivity contribution >= 4 is 21.6 Å². The Hall–Kier alpha value is -1.71. The first-order chi connectivity index (χ1) is 9.16. The van der Waals surface area contributed by atoms with E-state index >= 15 is 0 Å². The molecule has 0 bridgehead atoms. The number of aliphatic hydroxyl groups excluding tert-OH is 1. The molecule has 96 valence electrons. The number of thiophene rings is 1. The maximum Gasteiger partial charge on any atom is 0.106 e. The first kappa shape index (κ1) is 12.3. The van der Waals surface area contributed by atoms with Crippen molar-refractivity contribution in [3.05, 3.63) is 64.2 Å². The van der Waals surface area contributed by atoms with Gasteiger partial charge in [-0.05, 0) is 48.1 Å². The van der Waals surface area contributed by atoms with Gasteiger partial charge in [-0.15, -0.1) is 11.3 Å². The molecule has 0 aliphatic carbocycles. The maximum atomic E-state index is 10.6. The van der Waals surface area contributed by atoms with Crippen LogP contribution in [0, 0.1) is 13.8 Å². The third-order valence-electron chi connectivity index (χ3n) is 3.58. The van der Waals surface area contributed by atoms with Crippen LogP contribution in [0.1, 0.15) is 28.4 Å². The predicted octanol–water partition coefficient (Wildman–Crippen LogP) is 3.99. The van der Waals surface area contributed by atoms with Crippen molar-refractivity contribution in [2.45, 2.75) is 20.0 Å². The van der Waals surface area contributed by atoms with Crippen LogP contribution in [0.3, 0.4) is 0 Å². The average Bonchev–Trinajstić information content (AvgIpc) is 2.88. The van der Waals surface area contributed by atoms with E-state index in [0.717, 1.165) is 26.9 Å². The Labute approximate surface area is 116 Å². The average molecular weight is 269 g/mol. The minimum Gasteiger partial charge on any atom is -0.384 e. The highest BCUT2D eigenvalue weighted by atomic mass is 32.1. The van der Waals surface area contributed by atoms with Crippen LogP contribution in [0.4, 0.5) is 0 Å². The second-order valence-electron chi connectivity index (χ2n) is 4.76. The summed E-state index contributed by atoms with van der Waals surface area (Å²) < 4.78 is 1.11. The predicted molar refractivity (Wildman–Crippen MR) is 79.6 cm³/mol. The van der Waals surface area contributed by atoms with Gasteiger partial charge in [-0.25, -0.2) is 0 Å².